The van der Waals surface area contributed by atoms with Crippen molar-refractivity contribution in [2.24, 2.45) is 17.3 Å². The molecule has 16 heavy (non-hydrogen) atoms. The number of hydrogen-bond donors (Lipinski definition) is 2. The minimum absolute atomic E-state index is 0.0741. The molecule has 3 atom stereocenters. The van der Waals surface area contributed by atoms with Gasteiger partial charge in [-0.2, -0.15) is 0 Å². The first-order valence-corrected chi connectivity index (χ1v) is 5.93. The van der Waals surface area contributed by atoms with Gasteiger partial charge in [-0.3, -0.25) is 9.59 Å². The lowest BCUT2D eigenvalue weighted by atomic mass is 10.1. The Labute approximate surface area is 95.4 Å². The predicted molar refractivity (Wildman–Crippen MR) is 58.8 cm³/mol. The fourth-order valence-electron chi connectivity index (χ4n) is 2.55. The molecule has 0 heterocycles. The molecule has 0 aromatic heterocycles. The van der Waals surface area contributed by atoms with E-state index in [4.69, 9.17) is 5.11 Å². The minimum atomic E-state index is -0.733. The largest absolute Gasteiger partial charge is 0.481 e. The van der Waals surface area contributed by atoms with Gasteiger partial charge < -0.3 is 10.4 Å². The second-order valence-electron chi connectivity index (χ2n) is 5.80. The summed E-state index contributed by atoms with van der Waals surface area (Å²) in [4.78, 5) is 22.6. The lowest BCUT2D eigenvalue weighted by Gasteiger charge is -2.13. The summed E-state index contributed by atoms with van der Waals surface area (Å²) >= 11 is 0. The molecule has 2 rings (SSSR count). The summed E-state index contributed by atoms with van der Waals surface area (Å²) in [6.45, 7) is 4.18. The Bertz CT molecular complexity index is 324. The van der Waals surface area contributed by atoms with Gasteiger partial charge >= 0.3 is 5.97 Å². The smallest absolute Gasteiger partial charge is 0.306 e. The Morgan fingerprint density at radius 3 is 2.38 bits per heavy atom. The van der Waals surface area contributed by atoms with E-state index in [-0.39, 0.29) is 29.2 Å². The Morgan fingerprint density at radius 2 is 1.94 bits per heavy atom. The van der Waals surface area contributed by atoms with E-state index < -0.39 is 5.97 Å². The Morgan fingerprint density at radius 1 is 1.31 bits per heavy atom. The second kappa shape index (κ2) is 3.75. The summed E-state index contributed by atoms with van der Waals surface area (Å²) < 4.78 is 0. The fourth-order valence-corrected chi connectivity index (χ4v) is 2.55. The van der Waals surface area contributed by atoms with Crippen LogP contribution in [-0.4, -0.2) is 23.0 Å². The van der Waals surface area contributed by atoms with Crippen molar-refractivity contribution in [1.29, 1.82) is 0 Å². The van der Waals surface area contributed by atoms with Crippen molar-refractivity contribution in [2.45, 2.75) is 45.6 Å². The first-order chi connectivity index (χ1) is 7.40. The Hall–Kier alpha value is -1.06. The molecule has 4 heteroatoms. The third-order valence-electron chi connectivity index (χ3n) is 3.96. The summed E-state index contributed by atoms with van der Waals surface area (Å²) in [5.41, 5.74) is 0.148. The average Bonchev–Trinajstić information content (AvgIpc) is 2.62. The number of rotatable bonds is 3. The maximum Gasteiger partial charge on any atom is 0.306 e. The zero-order valence-corrected chi connectivity index (χ0v) is 9.82. The molecule has 4 nitrogen and oxygen atoms in total. The van der Waals surface area contributed by atoms with E-state index in [9.17, 15) is 9.59 Å². The molecule has 90 valence electrons. The molecule has 0 bridgehead atoms. The van der Waals surface area contributed by atoms with Gasteiger partial charge in [0.05, 0.1) is 5.92 Å². The van der Waals surface area contributed by atoms with E-state index >= 15 is 0 Å². The molecule has 2 fully saturated rings. The van der Waals surface area contributed by atoms with Gasteiger partial charge in [-0.25, -0.2) is 0 Å². The fraction of sp³-hybridized carbons (Fsp3) is 0.833. The molecular formula is C12H19NO3. The van der Waals surface area contributed by atoms with Crippen LogP contribution in [0.4, 0.5) is 0 Å². The van der Waals surface area contributed by atoms with Gasteiger partial charge in [-0.1, -0.05) is 13.8 Å². The number of hydrogen-bond acceptors (Lipinski definition) is 2. The average molecular weight is 225 g/mol. The van der Waals surface area contributed by atoms with Crippen LogP contribution in [0.2, 0.25) is 0 Å². The van der Waals surface area contributed by atoms with Crippen LogP contribution in [0, 0.1) is 17.3 Å². The first-order valence-electron chi connectivity index (χ1n) is 5.93. The van der Waals surface area contributed by atoms with Crippen LogP contribution in [0.3, 0.4) is 0 Å². The minimum Gasteiger partial charge on any atom is -0.481 e. The van der Waals surface area contributed by atoms with Crippen LogP contribution >= 0.6 is 0 Å². The van der Waals surface area contributed by atoms with Crippen LogP contribution < -0.4 is 5.32 Å². The van der Waals surface area contributed by atoms with E-state index in [1.807, 2.05) is 0 Å². The maximum absolute atomic E-state index is 11.8. The summed E-state index contributed by atoms with van der Waals surface area (Å²) in [6.07, 6.45) is 3.03. The van der Waals surface area contributed by atoms with E-state index in [2.05, 4.69) is 19.2 Å². The molecule has 2 saturated carbocycles. The van der Waals surface area contributed by atoms with Crippen LogP contribution in [0.1, 0.15) is 39.5 Å². The molecule has 0 radical (unpaired) electrons. The normalized spacial score (nSPS) is 35.8. The van der Waals surface area contributed by atoms with E-state index in [1.165, 1.54) is 0 Å². The van der Waals surface area contributed by atoms with Crippen molar-refractivity contribution in [1.82, 2.24) is 5.32 Å². The van der Waals surface area contributed by atoms with Crippen LogP contribution in [0.15, 0.2) is 0 Å². The highest BCUT2D eigenvalue weighted by Gasteiger charge is 2.51. The highest BCUT2D eigenvalue weighted by molar-refractivity contribution is 5.82. The number of amides is 1. The van der Waals surface area contributed by atoms with Gasteiger partial charge in [0.15, 0.2) is 0 Å². The van der Waals surface area contributed by atoms with Crippen molar-refractivity contribution in [3.05, 3.63) is 0 Å². The zero-order chi connectivity index (χ0) is 11.9. The first kappa shape index (κ1) is 11.4. The molecule has 0 aromatic carbocycles. The lowest BCUT2D eigenvalue weighted by Crippen LogP contribution is -2.35. The van der Waals surface area contributed by atoms with Crippen LogP contribution in [0.25, 0.3) is 0 Å². The van der Waals surface area contributed by atoms with Crippen molar-refractivity contribution in [2.75, 3.05) is 0 Å². The summed E-state index contributed by atoms with van der Waals surface area (Å²) in [7, 11) is 0. The molecule has 0 unspecified atom stereocenters. The highest BCUT2D eigenvalue weighted by atomic mass is 16.4. The highest BCUT2D eigenvalue weighted by Crippen LogP contribution is 2.51. The molecular weight excluding hydrogens is 206 g/mol. The molecule has 0 saturated heterocycles. The van der Waals surface area contributed by atoms with Gasteiger partial charge in [0, 0.05) is 12.0 Å². The van der Waals surface area contributed by atoms with Crippen LogP contribution in [-0.2, 0) is 9.59 Å². The molecule has 2 N–H and O–H groups in total. The number of carbonyl (C=O) groups excluding carboxylic acids is 1. The second-order valence-corrected chi connectivity index (χ2v) is 5.80. The molecule has 1 amide bonds. The van der Waals surface area contributed by atoms with Gasteiger partial charge in [-0.05, 0) is 31.1 Å². The third-order valence-corrected chi connectivity index (χ3v) is 3.96. The van der Waals surface area contributed by atoms with E-state index in [0.717, 1.165) is 12.8 Å². The number of aliphatic carboxylic acids is 1. The van der Waals surface area contributed by atoms with Gasteiger partial charge in [0.2, 0.25) is 5.91 Å². The molecule has 0 aromatic rings. The number of carboxylic acid groups (broad SMARTS) is 1. The quantitative estimate of drug-likeness (QED) is 0.763. The third kappa shape index (κ3) is 2.20. The number of carbonyl (C=O) groups is 2. The maximum atomic E-state index is 11.8. The summed E-state index contributed by atoms with van der Waals surface area (Å²) in [5.74, 6) is -0.751. The van der Waals surface area contributed by atoms with E-state index in [0.29, 0.717) is 12.8 Å². The molecule has 0 spiro atoms. The molecule has 0 aliphatic heterocycles. The van der Waals surface area contributed by atoms with E-state index in [1.54, 1.807) is 0 Å². The Kier molecular flexibility index (Phi) is 2.68. The van der Waals surface area contributed by atoms with Gasteiger partial charge in [0.1, 0.15) is 0 Å². The van der Waals surface area contributed by atoms with Crippen molar-refractivity contribution in [3.8, 4) is 0 Å². The molecule has 2 aliphatic rings. The topological polar surface area (TPSA) is 66.4 Å². The van der Waals surface area contributed by atoms with Gasteiger partial charge in [0.25, 0.3) is 0 Å². The standard InChI is InChI=1S/C12H19NO3/c1-12(2)6-9(12)10(14)13-8-4-3-7(5-8)11(15)16/h7-9H,3-6H2,1-2H3,(H,13,14)(H,15,16)/t7-,8+,9+/m0/s1. The van der Waals surface area contributed by atoms with Gasteiger partial charge in [-0.15, -0.1) is 0 Å². The monoisotopic (exact) mass is 225 g/mol. The molecule has 2 aliphatic carbocycles. The summed E-state index contributed by atoms with van der Waals surface area (Å²) in [5, 5.41) is 11.8. The van der Waals surface area contributed by atoms with Crippen molar-refractivity contribution < 1.29 is 14.7 Å². The Balaban J connectivity index is 1.80. The zero-order valence-electron chi connectivity index (χ0n) is 9.82. The predicted octanol–water partition coefficient (Wildman–Crippen LogP) is 1.40. The van der Waals surface area contributed by atoms with Crippen molar-refractivity contribution in [3.63, 3.8) is 0 Å². The van der Waals surface area contributed by atoms with Crippen molar-refractivity contribution >= 4 is 11.9 Å². The lowest BCUT2D eigenvalue weighted by molar-refractivity contribution is -0.141. The number of carboxylic acids is 1. The van der Waals surface area contributed by atoms with Crippen LogP contribution in [0.5, 0.6) is 0 Å². The SMILES string of the molecule is CC1(C)C[C@@H]1C(=O)N[C@@H]1CC[C@H](C(=O)O)C1. The summed E-state index contributed by atoms with van der Waals surface area (Å²) in [6, 6.07) is 0.0741. The number of nitrogens with one attached hydrogen (secondary N) is 1.